The second kappa shape index (κ2) is 8.66. The van der Waals surface area contributed by atoms with Gasteiger partial charge in [-0.2, -0.15) is 0 Å². The Balaban J connectivity index is 1.41. The van der Waals surface area contributed by atoms with Crippen LogP contribution in [0.15, 0.2) is 64.2 Å². The maximum absolute atomic E-state index is 11.9. The number of fused-ring (bicyclic) bond motifs is 1. The summed E-state index contributed by atoms with van der Waals surface area (Å²) in [5.41, 5.74) is 3.01. The van der Waals surface area contributed by atoms with Gasteiger partial charge in [0.2, 0.25) is 0 Å². The molecule has 0 saturated carbocycles. The van der Waals surface area contributed by atoms with Crippen molar-refractivity contribution in [1.82, 2.24) is 0 Å². The predicted molar refractivity (Wildman–Crippen MR) is 116 cm³/mol. The van der Waals surface area contributed by atoms with Gasteiger partial charge in [-0.25, -0.2) is 4.79 Å². The van der Waals surface area contributed by atoms with E-state index in [-0.39, 0.29) is 6.10 Å². The molecule has 2 atom stereocenters. The molecular weight excluding hydrogens is 467 g/mol. The van der Waals surface area contributed by atoms with Gasteiger partial charge in [0, 0.05) is 19.4 Å². The van der Waals surface area contributed by atoms with Crippen LogP contribution in [0.1, 0.15) is 36.8 Å². The Bertz CT molecular complexity index is 849. The van der Waals surface area contributed by atoms with Crippen LogP contribution in [0.4, 0.5) is 4.79 Å². The molecule has 2 aromatic rings. The smallest absolute Gasteiger partial charge is 0.426 e. The summed E-state index contributed by atoms with van der Waals surface area (Å²) in [6, 6.07) is 20.5. The molecule has 0 radical (unpaired) electrons. The van der Waals surface area contributed by atoms with Crippen LogP contribution in [0.2, 0.25) is 0 Å². The van der Waals surface area contributed by atoms with Crippen molar-refractivity contribution >= 4 is 34.3 Å². The maximum atomic E-state index is 11.9. The van der Waals surface area contributed by atoms with Crippen molar-refractivity contribution in [2.45, 2.75) is 44.0 Å². The molecule has 4 rings (SSSR count). The zero-order valence-corrected chi connectivity index (χ0v) is 17.8. The fraction of sp³-hybridized carbons (Fsp3) is 0.348. The highest BCUT2D eigenvalue weighted by Crippen LogP contribution is 2.49. The van der Waals surface area contributed by atoms with Crippen LogP contribution in [-0.4, -0.2) is 24.5 Å². The van der Waals surface area contributed by atoms with E-state index < -0.39 is 11.8 Å². The minimum Gasteiger partial charge on any atom is -0.426 e. The molecule has 0 unspecified atom stereocenters. The van der Waals surface area contributed by atoms with Gasteiger partial charge < -0.3 is 14.2 Å². The first-order valence-electron chi connectivity index (χ1n) is 9.60. The van der Waals surface area contributed by atoms with Crippen LogP contribution in [-0.2, 0) is 20.8 Å². The fourth-order valence-electron chi connectivity index (χ4n) is 3.97. The molecule has 1 aliphatic carbocycles. The van der Waals surface area contributed by atoms with Crippen molar-refractivity contribution in [3.8, 4) is 0 Å². The molecule has 0 bridgehead atoms. The first kappa shape index (κ1) is 19.5. The number of halogens is 1. The van der Waals surface area contributed by atoms with Crippen LogP contribution in [0.25, 0.3) is 5.57 Å². The largest absolute Gasteiger partial charge is 0.509 e. The number of carbonyl (C=O) groups excluding carboxylic acids is 1. The van der Waals surface area contributed by atoms with Crippen LogP contribution in [0, 0.1) is 0 Å². The van der Waals surface area contributed by atoms with E-state index >= 15 is 0 Å². The average Bonchev–Trinajstić information content (AvgIpc) is 3.03. The third-order valence-electron chi connectivity index (χ3n) is 5.40. The van der Waals surface area contributed by atoms with E-state index in [2.05, 4.69) is 46.9 Å². The lowest BCUT2D eigenvalue weighted by Gasteiger charge is -2.36. The molecule has 0 aromatic heterocycles. The summed E-state index contributed by atoms with van der Waals surface area (Å²) in [5.74, 6) is 0. The molecule has 146 valence electrons. The molecule has 0 amide bonds. The van der Waals surface area contributed by atoms with Gasteiger partial charge in [0.25, 0.3) is 0 Å². The molecular formula is C23H23IO4. The fourth-order valence-corrected chi connectivity index (χ4v) is 4.88. The lowest BCUT2D eigenvalue weighted by Crippen LogP contribution is -2.43. The monoisotopic (exact) mass is 490 g/mol. The Morgan fingerprint density at radius 3 is 2.54 bits per heavy atom. The van der Waals surface area contributed by atoms with E-state index in [1.165, 1.54) is 14.7 Å². The molecule has 1 saturated heterocycles. The number of carbonyl (C=O) groups is 1. The third kappa shape index (κ3) is 4.25. The zero-order chi connectivity index (χ0) is 19.4. The Labute approximate surface area is 179 Å². The highest BCUT2D eigenvalue weighted by atomic mass is 127. The summed E-state index contributed by atoms with van der Waals surface area (Å²) in [6.07, 6.45) is 2.19. The average molecular weight is 490 g/mol. The van der Waals surface area contributed by atoms with E-state index in [9.17, 15) is 4.79 Å². The number of hydrogen-bond acceptors (Lipinski definition) is 4. The number of hydrogen-bond donors (Lipinski definition) is 0. The summed E-state index contributed by atoms with van der Waals surface area (Å²) >= 11 is 2.38. The van der Waals surface area contributed by atoms with Crippen molar-refractivity contribution in [3.63, 3.8) is 0 Å². The molecule has 1 aliphatic heterocycles. The second-order valence-electron chi connectivity index (χ2n) is 7.30. The van der Waals surface area contributed by atoms with Gasteiger partial charge in [-0.15, -0.1) is 0 Å². The van der Waals surface area contributed by atoms with Crippen LogP contribution in [0.3, 0.4) is 0 Å². The van der Waals surface area contributed by atoms with Gasteiger partial charge in [-0.05, 0) is 55.7 Å². The maximum Gasteiger partial charge on any atom is 0.509 e. The Morgan fingerprint density at radius 2 is 1.79 bits per heavy atom. The van der Waals surface area contributed by atoms with E-state index in [0.717, 1.165) is 18.4 Å². The van der Waals surface area contributed by atoms with Crippen molar-refractivity contribution in [3.05, 3.63) is 75.4 Å². The van der Waals surface area contributed by atoms with Crippen LogP contribution >= 0.6 is 22.6 Å². The van der Waals surface area contributed by atoms with E-state index in [0.29, 0.717) is 26.1 Å². The van der Waals surface area contributed by atoms with Gasteiger partial charge in [0.15, 0.2) is 5.60 Å². The first-order valence-corrected chi connectivity index (χ1v) is 10.7. The Hall–Kier alpha value is -1.86. The van der Waals surface area contributed by atoms with Crippen molar-refractivity contribution < 1.29 is 19.0 Å². The van der Waals surface area contributed by atoms with E-state index in [1.807, 2.05) is 36.4 Å². The highest BCUT2D eigenvalue weighted by molar-refractivity contribution is 14.1. The second-order valence-corrected chi connectivity index (χ2v) is 8.60. The number of rotatable bonds is 7. The zero-order valence-electron chi connectivity index (χ0n) is 15.6. The standard InChI is InChI=1S/C23H23IO4/c24-20-14-21-23(28-22(25)27-21,15-19(20)18-10-5-2-6-11-18)12-7-13-26-16-17-8-3-1-4-9-17/h1-6,8-11,21H,7,12-16H2/t21-,23+/m1/s1. The molecule has 4 nitrogen and oxygen atoms in total. The molecule has 1 fully saturated rings. The molecule has 28 heavy (non-hydrogen) atoms. The SMILES string of the molecule is O=C1O[C@@H]2CC(I)=C(c3ccccc3)C[C@]2(CCCOCc2ccccc2)O1. The predicted octanol–water partition coefficient (Wildman–Crippen LogP) is 5.90. The quantitative estimate of drug-likeness (QED) is 0.276. The number of benzene rings is 2. The van der Waals surface area contributed by atoms with Gasteiger partial charge in [-0.3, -0.25) is 0 Å². The molecule has 2 aromatic carbocycles. The highest BCUT2D eigenvalue weighted by Gasteiger charge is 2.53. The van der Waals surface area contributed by atoms with Gasteiger partial charge in [0.1, 0.15) is 6.10 Å². The van der Waals surface area contributed by atoms with Crippen molar-refractivity contribution in [2.24, 2.45) is 0 Å². The van der Waals surface area contributed by atoms with Gasteiger partial charge in [0.05, 0.1) is 6.61 Å². The molecule has 2 aliphatic rings. The lowest BCUT2D eigenvalue weighted by molar-refractivity contribution is 0.0102. The summed E-state index contributed by atoms with van der Waals surface area (Å²) < 4.78 is 18.3. The molecule has 5 heteroatoms. The van der Waals surface area contributed by atoms with E-state index in [1.54, 1.807) is 0 Å². The van der Waals surface area contributed by atoms with E-state index in [4.69, 9.17) is 14.2 Å². The first-order chi connectivity index (χ1) is 13.7. The summed E-state index contributed by atoms with van der Waals surface area (Å²) in [6.45, 7) is 1.23. The molecule has 0 N–H and O–H groups in total. The Kier molecular flexibility index (Phi) is 6.01. The Morgan fingerprint density at radius 1 is 1.07 bits per heavy atom. The summed E-state index contributed by atoms with van der Waals surface area (Å²) in [7, 11) is 0. The lowest BCUT2D eigenvalue weighted by atomic mass is 9.77. The minimum atomic E-state index is -0.590. The van der Waals surface area contributed by atoms with Crippen LogP contribution < -0.4 is 0 Å². The summed E-state index contributed by atoms with van der Waals surface area (Å²) in [4.78, 5) is 11.9. The molecule has 0 spiro atoms. The van der Waals surface area contributed by atoms with Crippen molar-refractivity contribution in [1.29, 1.82) is 0 Å². The topological polar surface area (TPSA) is 44.8 Å². The molecule has 1 heterocycles. The van der Waals surface area contributed by atoms with Crippen molar-refractivity contribution in [2.75, 3.05) is 6.61 Å². The van der Waals surface area contributed by atoms with Gasteiger partial charge in [-0.1, -0.05) is 60.7 Å². The van der Waals surface area contributed by atoms with Crippen LogP contribution in [0.5, 0.6) is 0 Å². The minimum absolute atomic E-state index is 0.214. The number of ether oxygens (including phenoxy) is 3. The normalized spacial score (nSPS) is 23.9. The van der Waals surface area contributed by atoms with Gasteiger partial charge >= 0.3 is 6.16 Å². The summed E-state index contributed by atoms with van der Waals surface area (Å²) in [5, 5.41) is 0. The third-order valence-corrected chi connectivity index (χ3v) is 6.49.